The van der Waals surface area contributed by atoms with Gasteiger partial charge in [0.15, 0.2) is 5.16 Å². The monoisotopic (exact) mass is 406 g/mol. The number of anilines is 2. The Morgan fingerprint density at radius 1 is 1.10 bits per heavy atom. The Morgan fingerprint density at radius 2 is 1.93 bits per heavy atom. The quantitative estimate of drug-likeness (QED) is 0.596. The van der Waals surface area contributed by atoms with Gasteiger partial charge in [0.1, 0.15) is 0 Å². The Morgan fingerprint density at radius 3 is 2.69 bits per heavy atom. The summed E-state index contributed by atoms with van der Waals surface area (Å²) in [6.07, 6.45) is 6.21. The van der Waals surface area contributed by atoms with Gasteiger partial charge >= 0.3 is 0 Å². The van der Waals surface area contributed by atoms with Crippen molar-refractivity contribution in [2.75, 3.05) is 29.1 Å². The van der Waals surface area contributed by atoms with Crippen LogP contribution < -0.4 is 10.2 Å². The van der Waals surface area contributed by atoms with Crippen molar-refractivity contribution in [2.24, 2.45) is 0 Å². The average Bonchev–Trinajstić information content (AvgIpc) is 3.40. The zero-order valence-electron chi connectivity index (χ0n) is 16.9. The number of hydrogen-bond acceptors (Lipinski definition) is 4. The summed E-state index contributed by atoms with van der Waals surface area (Å²) in [6, 6.07) is 14.5. The molecule has 1 aromatic heterocycles. The highest BCUT2D eigenvalue weighted by Crippen LogP contribution is 2.26. The molecule has 2 heterocycles. The van der Waals surface area contributed by atoms with Crippen LogP contribution in [0.15, 0.2) is 60.0 Å². The number of thioether (sulfide) groups is 1. The second-order valence-electron chi connectivity index (χ2n) is 7.45. The fourth-order valence-electron chi connectivity index (χ4n) is 3.65. The minimum absolute atomic E-state index is 0.0224. The van der Waals surface area contributed by atoms with Crippen molar-refractivity contribution >= 4 is 29.0 Å². The number of aromatic nitrogens is 2. The number of amides is 1. The molecule has 0 saturated carbocycles. The van der Waals surface area contributed by atoms with Gasteiger partial charge in [-0.15, -0.1) is 0 Å². The normalized spacial score (nSPS) is 13.7. The summed E-state index contributed by atoms with van der Waals surface area (Å²) < 4.78 is 2.01. The van der Waals surface area contributed by atoms with Crippen molar-refractivity contribution in [3.63, 3.8) is 0 Å². The van der Waals surface area contributed by atoms with E-state index in [1.54, 1.807) is 6.20 Å². The molecule has 6 heteroatoms. The summed E-state index contributed by atoms with van der Waals surface area (Å²) in [4.78, 5) is 19.3. The lowest BCUT2D eigenvalue weighted by molar-refractivity contribution is -0.113. The van der Waals surface area contributed by atoms with Crippen molar-refractivity contribution in [3.05, 3.63) is 66.0 Å². The first-order chi connectivity index (χ1) is 14.1. The molecule has 0 unspecified atom stereocenters. The van der Waals surface area contributed by atoms with Crippen LogP contribution in [-0.2, 0) is 4.79 Å². The van der Waals surface area contributed by atoms with Crippen molar-refractivity contribution in [3.8, 4) is 5.69 Å². The van der Waals surface area contributed by atoms with E-state index < -0.39 is 0 Å². The van der Waals surface area contributed by atoms with E-state index in [0.717, 1.165) is 35.2 Å². The highest BCUT2D eigenvalue weighted by Gasteiger charge is 2.14. The van der Waals surface area contributed by atoms with Gasteiger partial charge in [0, 0.05) is 42.5 Å². The third-order valence-corrected chi connectivity index (χ3v) is 6.14. The van der Waals surface area contributed by atoms with Crippen molar-refractivity contribution in [1.29, 1.82) is 0 Å². The van der Waals surface area contributed by atoms with E-state index in [1.807, 2.05) is 35.9 Å². The fourth-order valence-corrected chi connectivity index (χ4v) is 4.42. The summed E-state index contributed by atoms with van der Waals surface area (Å²) in [6.45, 7) is 6.36. The molecule has 5 nitrogen and oxygen atoms in total. The second kappa shape index (κ2) is 8.74. The van der Waals surface area contributed by atoms with Crippen molar-refractivity contribution < 1.29 is 4.79 Å². The SMILES string of the molecule is Cc1cccc(-n2ccnc2SCC(=O)Nc2ccc(N3CCCC3)cc2C)c1. The van der Waals surface area contributed by atoms with Crippen LogP contribution in [0.2, 0.25) is 0 Å². The molecule has 29 heavy (non-hydrogen) atoms. The Bertz CT molecular complexity index is 1010. The van der Waals surface area contributed by atoms with E-state index in [-0.39, 0.29) is 5.91 Å². The first-order valence-electron chi connectivity index (χ1n) is 9.99. The topological polar surface area (TPSA) is 50.2 Å². The van der Waals surface area contributed by atoms with Crippen molar-refractivity contribution in [1.82, 2.24) is 9.55 Å². The number of aryl methyl sites for hydroxylation is 2. The summed E-state index contributed by atoms with van der Waals surface area (Å²) in [7, 11) is 0. The second-order valence-corrected chi connectivity index (χ2v) is 8.39. The number of imidazole rings is 1. The molecular weight excluding hydrogens is 380 g/mol. The lowest BCUT2D eigenvalue weighted by atomic mass is 10.1. The van der Waals surface area contributed by atoms with Crippen LogP contribution >= 0.6 is 11.8 Å². The van der Waals surface area contributed by atoms with Crippen LogP contribution in [0, 0.1) is 13.8 Å². The lowest BCUT2D eigenvalue weighted by Gasteiger charge is -2.19. The van der Waals surface area contributed by atoms with Crippen LogP contribution in [0.3, 0.4) is 0 Å². The van der Waals surface area contributed by atoms with Gasteiger partial charge in [0.25, 0.3) is 0 Å². The van der Waals surface area contributed by atoms with E-state index in [9.17, 15) is 4.79 Å². The molecule has 1 fully saturated rings. The van der Waals surface area contributed by atoms with Crippen molar-refractivity contribution in [2.45, 2.75) is 31.8 Å². The fraction of sp³-hybridized carbons (Fsp3) is 0.304. The smallest absolute Gasteiger partial charge is 0.234 e. The van der Waals surface area contributed by atoms with E-state index in [4.69, 9.17) is 0 Å². The number of nitrogens with one attached hydrogen (secondary N) is 1. The van der Waals surface area contributed by atoms with Gasteiger partial charge < -0.3 is 10.2 Å². The third-order valence-electron chi connectivity index (χ3n) is 5.17. The molecule has 1 aliphatic rings. The minimum atomic E-state index is -0.0224. The highest BCUT2D eigenvalue weighted by molar-refractivity contribution is 7.99. The largest absolute Gasteiger partial charge is 0.372 e. The summed E-state index contributed by atoms with van der Waals surface area (Å²) >= 11 is 1.44. The van der Waals surface area contributed by atoms with Gasteiger partial charge in [-0.05, 0) is 68.1 Å². The molecule has 150 valence electrons. The molecule has 0 spiro atoms. The van der Waals surface area contributed by atoms with Gasteiger partial charge in [-0.3, -0.25) is 9.36 Å². The molecular formula is C23H26N4OS. The molecule has 1 N–H and O–H groups in total. The van der Waals surface area contributed by atoms with Crippen LogP contribution in [0.1, 0.15) is 24.0 Å². The van der Waals surface area contributed by atoms with Gasteiger partial charge in [0.05, 0.1) is 5.75 Å². The Balaban J connectivity index is 1.38. The average molecular weight is 407 g/mol. The first kappa shape index (κ1) is 19.6. The molecule has 1 aliphatic heterocycles. The number of benzene rings is 2. The van der Waals surface area contributed by atoms with Gasteiger partial charge in [0.2, 0.25) is 5.91 Å². The highest BCUT2D eigenvalue weighted by atomic mass is 32.2. The first-order valence-corrected chi connectivity index (χ1v) is 11.0. The number of nitrogens with zero attached hydrogens (tertiary/aromatic N) is 3. The zero-order valence-corrected chi connectivity index (χ0v) is 17.7. The number of hydrogen-bond donors (Lipinski definition) is 1. The Hall–Kier alpha value is -2.73. The standard InChI is InChI=1S/C23H26N4OS/c1-17-6-5-7-20(14-17)27-13-10-24-23(27)29-16-22(28)25-21-9-8-19(15-18(21)2)26-11-3-4-12-26/h5-10,13-15H,3-4,11-12,16H2,1-2H3,(H,25,28). The number of rotatable bonds is 6. The van der Waals surface area contributed by atoms with Crippen LogP contribution in [0.5, 0.6) is 0 Å². The van der Waals surface area contributed by atoms with E-state index in [0.29, 0.717) is 5.75 Å². The summed E-state index contributed by atoms with van der Waals surface area (Å²) in [5.41, 5.74) is 5.46. The molecule has 0 atom stereocenters. The zero-order chi connectivity index (χ0) is 20.2. The predicted molar refractivity (Wildman–Crippen MR) is 120 cm³/mol. The molecule has 0 bridgehead atoms. The molecule has 0 aliphatic carbocycles. The molecule has 0 radical (unpaired) electrons. The third kappa shape index (κ3) is 4.65. The van der Waals surface area contributed by atoms with E-state index in [1.165, 1.54) is 35.9 Å². The van der Waals surface area contributed by atoms with Gasteiger partial charge in [-0.2, -0.15) is 0 Å². The molecule has 1 amide bonds. The maximum absolute atomic E-state index is 12.5. The van der Waals surface area contributed by atoms with Gasteiger partial charge in [-0.1, -0.05) is 23.9 Å². The predicted octanol–water partition coefficient (Wildman–Crippen LogP) is 4.82. The molecule has 4 rings (SSSR count). The maximum atomic E-state index is 12.5. The number of carbonyl (C=O) groups excluding carboxylic acids is 1. The number of carbonyl (C=O) groups is 1. The molecule has 3 aromatic rings. The van der Waals surface area contributed by atoms with Gasteiger partial charge in [-0.25, -0.2) is 4.98 Å². The molecule has 1 saturated heterocycles. The molecule has 2 aromatic carbocycles. The lowest BCUT2D eigenvalue weighted by Crippen LogP contribution is -2.18. The van der Waals surface area contributed by atoms with E-state index >= 15 is 0 Å². The van der Waals surface area contributed by atoms with E-state index in [2.05, 4.69) is 46.4 Å². The van der Waals surface area contributed by atoms with Crippen LogP contribution in [0.25, 0.3) is 5.69 Å². The Kier molecular flexibility index (Phi) is 5.90. The van der Waals surface area contributed by atoms with Crippen LogP contribution in [-0.4, -0.2) is 34.3 Å². The van der Waals surface area contributed by atoms with Crippen LogP contribution in [0.4, 0.5) is 11.4 Å². The summed E-state index contributed by atoms with van der Waals surface area (Å²) in [5, 5.41) is 3.86. The summed E-state index contributed by atoms with van der Waals surface area (Å²) in [5.74, 6) is 0.293. The Labute approximate surface area is 176 Å². The maximum Gasteiger partial charge on any atom is 0.234 e. The minimum Gasteiger partial charge on any atom is -0.372 e.